The summed E-state index contributed by atoms with van der Waals surface area (Å²) in [5, 5.41) is 17.1. The smallest absolute Gasteiger partial charge is 0.304 e. The van der Waals surface area contributed by atoms with Crippen LogP contribution in [0.2, 0.25) is 0 Å². The molecule has 0 aliphatic rings. The van der Waals surface area contributed by atoms with Crippen molar-refractivity contribution in [3.8, 4) is 6.07 Å². The normalized spacial score (nSPS) is 12.1. The third kappa shape index (κ3) is 6.52. The van der Waals surface area contributed by atoms with Gasteiger partial charge in [-0.2, -0.15) is 22.3 Å². The molecule has 0 amide bonds. The molecule has 0 aromatic rings. The molecule has 1 N–H and O–H groups in total. The predicted molar refractivity (Wildman–Crippen MR) is 70.4 cm³/mol. The van der Waals surface area contributed by atoms with Crippen LogP contribution in [-0.4, -0.2) is 54.8 Å². The fraction of sp³-hybridized carbons (Fsp3) is 0.818. The van der Waals surface area contributed by atoms with E-state index in [1.54, 1.807) is 0 Å². The topological polar surface area (TPSA) is 102 Å². The average Bonchev–Trinajstić information content (AvgIpc) is 2.30. The number of aliphatic carboxylic acids is 1. The van der Waals surface area contributed by atoms with Crippen molar-refractivity contribution in [2.24, 2.45) is 5.92 Å². The molecule has 0 aromatic carbocycles. The minimum Gasteiger partial charge on any atom is -0.481 e. The Kier molecular flexibility index (Phi) is 7.59. The van der Waals surface area contributed by atoms with Gasteiger partial charge in [-0.15, -0.1) is 0 Å². The molecule has 0 bridgehead atoms. The molecule has 0 saturated heterocycles. The molecule has 0 aromatic heterocycles. The molecule has 8 heteroatoms. The highest BCUT2D eigenvalue weighted by molar-refractivity contribution is 7.86. The highest BCUT2D eigenvalue weighted by Crippen LogP contribution is 2.11. The molecule has 0 rings (SSSR count). The number of carboxylic acid groups (broad SMARTS) is 1. The number of rotatable bonds is 9. The molecule has 0 fully saturated rings. The maximum absolute atomic E-state index is 12.2. The van der Waals surface area contributed by atoms with Gasteiger partial charge in [-0.05, 0) is 5.92 Å². The second kappa shape index (κ2) is 8.09. The average molecular weight is 291 g/mol. The van der Waals surface area contributed by atoms with Crippen LogP contribution in [0, 0.1) is 17.2 Å². The van der Waals surface area contributed by atoms with E-state index >= 15 is 0 Å². The lowest BCUT2D eigenvalue weighted by molar-refractivity contribution is -0.137. The first-order valence-corrected chi connectivity index (χ1v) is 7.41. The fourth-order valence-corrected chi connectivity index (χ4v) is 2.97. The van der Waals surface area contributed by atoms with Gasteiger partial charge in [0.25, 0.3) is 10.2 Å². The Hall–Kier alpha value is -1.17. The number of carboxylic acids is 1. The lowest BCUT2D eigenvalue weighted by atomic mass is 10.2. The first kappa shape index (κ1) is 17.8. The zero-order valence-corrected chi connectivity index (χ0v) is 12.4. The van der Waals surface area contributed by atoms with E-state index in [1.165, 1.54) is 11.4 Å². The fourth-order valence-electron chi connectivity index (χ4n) is 1.45. The van der Waals surface area contributed by atoms with Crippen molar-refractivity contribution in [3.05, 3.63) is 0 Å². The maximum atomic E-state index is 12.2. The molecule has 0 radical (unpaired) electrons. The quantitative estimate of drug-likeness (QED) is 0.667. The number of hydrogen-bond donors (Lipinski definition) is 1. The van der Waals surface area contributed by atoms with Gasteiger partial charge in [-0.25, -0.2) is 0 Å². The molecule has 0 spiro atoms. The molecule has 0 aliphatic carbocycles. The van der Waals surface area contributed by atoms with Gasteiger partial charge in [-0.1, -0.05) is 13.8 Å². The van der Waals surface area contributed by atoms with Crippen LogP contribution in [0.1, 0.15) is 26.7 Å². The summed E-state index contributed by atoms with van der Waals surface area (Å²) in [6.45, 7) is 4.10. The molecule has 0 saturated carbocycles. The van der Waals surface area contributed by atoms with E-state index in [2.05, 4.69) is 0 Å². The Morgan fingerprint density at radius 2 is 1.95 bits per heavy atom. The van der Waals surface area contributed by atoms with Gasteiger partial charge in [0, 0.05) is 33.1 Å². The van der Waals surface area contributed by atoms with Crippen molar-refractivity contribution >= 4 is 16.2 Å². The minimum atomic E-state index is -3.71. The van der Waals surface area contributed by atoms with Crippen LogP contribution in [0.25, 0.3) is 0 Å². The van der Waals surface area contributed by atoms with Gasteiger partial charge in [0.15, 0.2) is 0 Å². The first-order valence-electron chi connectivity index (χ1n) is 6.02. The van der Waals surface area contributed by atoms with Gasteiger partial charge in [-0.3, -0.25) is 4.79 Å². The summed E-state index contributed by atoms with van der Waals surface area (Å²) in [5.41, 5.74) is 0. The summed E-state index contributed by atoms with van der Waals surface area (Å²) in [6.07, 6.45) is -0.137. The summed E-state index contributed by atoms with van der Waals surface area (Å²) in [5.74, 6) is -0.921. The highest BCUT2D eigenvalue weighted by atomic mass is 32.2. The Labute approximate surface area is 114 Å². The van der Waals surface area contributed by atoms with Gasteiger partial charge in [0.2, 0.25) is 0 Å². The number of hydrogen-bond acceptors (Lipinski definition) is 4. The molecule has 110 valence electrons. The number of carbonyl (C=O) groups is 1. The van der Waals surface area contributed by atoms with Crippen molar-refractivity contribution in [1.82, 2.24) is 8.61 Å². The van der Waals surface area contributed by atoms with E-state index in [0.717, 1.165) is 4.31 Å². The van der Waals surface area contributed by atoms with Crippen molar-refractivity contribution in [2.75, 3.05) is 26.7 Å². The monoisotopic (exact) mass is 291 g/mol. The molecule has 0 atom stereocenters. The van der Waals surface area contributed by atoms with Crippen molar-refractivity contribution in [2.45, 2.75) is 26.7 Å². The Bertz CT molecular complexity index is 428. The van der Waals surface area contributed by atoms with Crippen LogP contribution in [-0.2, 0) is 15.0 Å². The maximum Gasteiger partial charge on any atom is 0.304 e. The molecule has 19 heavy (non-hydrogen) atoms. The van der Waals surface area contributed by atoms with E-state index < -0.39 is 16.2 Å². The number of nitriles is 1. The zero-order valence-electron chi connectivity index (χ0n) is 11.5. The second-order valence-corrected chi connectivity index (χ2v) is 6.67. The van der Waals surface area contributed by atoms with Crippen LogP contribution >= 0.6 is 0 Å². The van der Waals surface area contributed by atoms with E-state index in [4.69, 9.17) is 10.4 Å². The third-order valence-corrected chi connectivity index (χ3v) is 4.36. The van der Waals surface area contributed by atoms with E-state index in [-0.39, 0.29) is 31.8 Å². The Morgan fingerprint density at radius 1 is 1.37 bits per heavy atom. The van der Waals surface area contributed by atoms with Crippen LogP contribution in [0.5, 0.6) is 0 Å². The van der Waals surface area contributed by atoms with Crippen molar-refractivity contribution in [1.29, 1.82) is 5.26 Å². The highest BCUT2D eigenvalue weighted by Gasteiger charge is 2.27. The summed E-state index contributed by atoms with van der Waals surface area (Å²) < 4.78 is 26.7. The molecule has 0 aliphatic heterocycles. The molecular formula is C11H21N3O4S. The van der Waals surface area contributed by atoms with Gasteiger partial charge >= 0.3 is 5.97 Å². The molecule has 0 unspecified atom stereocenters. The Morgan fingerprint density at radius 3 is 2.37 bits per heavy atom. The lowest BCUT2D eigenvalue weighted by Crippen LogP contribution is -2.44. The van der Waals surface area contributed by atoms with E-state index in [1.807, 2.05) is 19.9 Å². The van der Waals surface area contributed by atoms with Crippen molar-refractivity contribution < 1.29 is 18.3 Å². The van der Waals surface area contributed by atoms with Gasteiger partial charge in [0.05, 0.1) is 12.5 Å². The third-order valence-electron chi connectivity index (χ3n) is 2.40. The summed E-state index contributed by atoms with van der Waals surface area (Å²) in [6, 6.07) is 1.91. The Balaban J connectivity index is 4.85. The molecule has 0 heterocycles. The van der Waals surface area contributed by atoms with Gasteiger partial charge in [0.1, 0.15) is 0 Å². The largest absolute Gasteiger partial charge is 0.481 e. The van der Waals surface area contributed by atoms with Crippen LogP contribution in [0.15, 0.2) is 0 Å². The zero-order chi connectivity index (χ0) is 15.1. The SMILES string of the molecule is CC(C)CN(CCC#N)S(=O)(=O)N(C)CCC(=O)O. The van der Waals surface area contributed by atoms with E-state index in [0.29, 0.717) is 6.54 Å². The van der Waals surface area contributed by atoms with E-state index in [9.17, 15) is 13.2 Å². The summed E-state index contributed by atoms with van der Waals surface area (Å²) in [7, 11) is -2.37. The van der Waals surface area contributed by atoms with Crippen molar-refractivity contribution in [3.63, 3.8) is 0 Å². The summed E-state index contributed by atoms with van der Waals surface area (Å²) >= 11 is 0. The molecular weight excluding hydrogens is 270 g/mol. The van der Waals surface area contributed by atoms with Gasteiger partial charge < -0.3 is 5.11 Å². The standard InChI is InChI=1S/C11H21N3O4S/c1-10(2)9-14(7-4-6-12)19(17,18)13(3)8-5-11(15)16/h10H,4-5,7-9H2,1-3H3,(H,15,16). The lowest BCUT2D eigenvalue weighted by Gasteiger charge is -2.27. The van der Waals surface area contributed by atoms with Crippen LogP contribution < -0.4 is 0 Å². The number of nitrogens with zero attached hydrogens (tertiary/aromatic N) is 3. The summed E-state index contributed by atoms with van der Waals surface area (Å²) in [4.78, 5) is 10.5. The predicted octanol–water partition coefficient (Wildman–Crippen LogP) is 0.509. The second-order valence-electron chi connectivity index (χ2n) is 4.63. The molecule has 7 nitrogen and oxygen atoms in total. The van der Waals surface area contributed by atoms with Crippen LogP contribution in [0.3, 0.4) is 0 Å². The van der Waals surface area contributed by atoms with Crippen LogP contribution in [0.4, 0.5) is 0 Å². The minimum absolute atomic E-state index is 0.0845. The first-order chi connectivity index (χ1) is 8.71.